The molecule has 1 aliphatic carbocycles. The zero-order chi connectivity index (χ0) is 19.4. The smallest absolute Gasteiger partial charge is 0.251 e. The van der Waals surface area contributed by atoms with Gasteiger partial charge in [0.15, 0.2) is 0 Å². The van der Waals surface area contributed by atoms with Gasteiger partial charge in [0.25, 0.3) is 5.91 Å². The van der Waals surface area contributed by atoms with E-state index in [-0.39, 0.29) is 17.2 Å². The molecule has 1 heterocycles. The van der Waals surface area contributed by atoms with Crippen molar-refractivity contribution in [3.63, 3.8) is 0 Å². The highest BCUT2D eigenvalue weighted by Crippen LogP contribution is 2.36. The van der Waals surface area contributed by atoms with Crippen molar-refractivity contribution in [1.29, 1.82) is 0 Å². The number of phenols is 1. The lowest BCUT2D eigenvalue weighted by Gasteiger charge is -2.43. The maximum atomic E-state index is 12.8. The van der Waals surface area contributed by atoms with E-state index in [1.807, 2.05) is 36.4 Å². The van der Waals surface area contributed by atoms with Crippen LogP contribution in [0.25, 0.3) is 11.1 Å². The fourth-order valence-corrected chi connectivity index (χ4v) is 4.82. The summed E-state index contributed by atoms with van der Waals surface area (Å²) in [7, 11) is 0. The molecule has 2 aromatic carbocycles. The molecule has 4 rings (SSSR count). The summed E-state index contributed by atoms with van der Waals surface area (Å²) in [5.74, 6) is 0.273. The summed E-state index contributed by atoms with van der Waals surface area (Å²) in [4.78, 5) is 15.4. The highest BCUT2D eigenvalue weighted by atomic mass is 16.3. The van der Waals surface area contributed by atoms with Gasteiger partial charge < -0.3 is 10.4 Å². The third-order valence-corrected chi connectivity index (χ3v) is 6.49. The molecule has 4 nitrogen and oxygen atoms in total. The van der Waals surface area contributed by atoms with Gasteiger partial charge in [-0.25, -0.2) is 0 Å². The van der Waals surface area contributed by atoms with Crippen LogP contribution in [0.15, 0.2) is 48.5 Å². The van der Waals surface area contributed by atoms with E-state index in [0.29, 0.717) is 5.56 Å². The molecule has 0 spiro atoms. The van der Waals surface area contributed by atoms with Crippen LogP contribution in [-0.4, -0.2) is 41.1 Å². The van der Waals surface area contributed by atoms with E-state index >= 15 is 0 Å². The van der Waals surface area contributed by atoms with E-state index in [1.165, 1.54) is 58.0 Å². The van der Waals surface area contributed by atoms with Gasteiger partial charge in [0.05, 0.1) is 0 Å². The van der Waals surface area contributed by atoms with Gasteiger partial charge in [0, 0.05) is 17.6 Å². The molecular formula is C24H30N2O2. The highest BCUT2D eigenvalue weighted by Gasteiger charge is 2.40. The fourth-order valence-electron chi connectivity index (χ4n) is 4.82. The Labute approximate surface area is 167 Å². The van der Waals surface area contributed by atoms with Crippen molar-refractivity contribution in [2.75, 3.05) is 19.6 Å². The van der Waals surface area contributed by atoms with Crippen LogP contribution in [0, 0.1) is 0 Å². The van der Waals surface area contributed by atoms with Gasteiger partial charge in [-0.15, -0.1) is 0 Å². The summed E-state index contributed by atoms with van der Waals surface area (Å²) < 4.78 is 0. The molecule has 1 amide bonds. The lowest BCUT2D eigenvalue weighted by atomic mass is 9.92. The SMILES string of the molecule is O=C(NCC1(N2CCCCC2)CCCC1)c1ccc(-c2ccc(O)cc2)cc1. The average Bonchev–Trinajstić information content (AvgIpc) is 3.24. The van der Waals surface area contributed by atoms with Crippen molar-refractivity contribution in [3.05, 3.63) is 54.1 Å². The van der Waals surface area contributed by atoms with E-state index in [1.54, 1.807) is 12.1 Å². The Morgan fingerprint density at radius 3 is 2.04 bits per heavy atom. The Balaban J connectivity index is 1.40. The molecule has 1 aliphatic heterocycles. The molecule has 2 fully saturated rings. The Kier molecular flexibility index (Phi) is 5.67. The second-order valence-electron chi connectivity index (χ2n) is 8.29. The zero-order valence-electron chi connectivity index (χ0n) is 16.5. The number of piperidine rings is 1. The Bertz CT molecular complexity index is 786. The lowest BCUT2D eigenvalue weighted by molar-refractivity contribution is 0.0642. The summed E-state index contributed by atoms with van der Waals surface area (Å²) in [6.07, 6.45) is 8.86. The van der Waals surface area contributed by atoms with Crippen LogP contribution in [0.5, 0.6) is 5.75 Å². The molecule has 2 aromatic rings. The van der Waals surface area contributed by atoms with E-state index < -0.39 is 0 Å². The molecule has 0 radical (unpaired) electrons. The third kappa shape index (κ3) is 4.07. The van der Waals surface area contributed by atoms with Gasteiger partial charge >= 0.3 is 0 Å². The van der Waals surface area contributed by atoms with Crippen molar-refractivity contribution in [2.45, 2.75) is 50.5 Å². The van der Waals surface area contributed by atoms with Crippen molar-refractivity contribution in [2.24, 2.45) is 0 Å². The lowest BCUT2D eigenvalue weighted by Crippen LogP contribution is -2.55. The van der Waals surface area contributed by atoms with Gasteiger partial charge in [-0.1, -0.05) is 43.5 Å². The largest absolute Gasteiger partial charge is 0.508 e. The maximum absolute atomic E-state index is 12.8. The first-order valence-electron chi connectivity index (χ1n) is 10.6. The number of carbonyl (C=O) groups excluding carboxylic acids is 1. The Morgan fingerprint density at radius 1 is 0.857 bits per heavy atom. The minimum Gasteiger partial charge on any atom is -0.508 e. The minimum atomic E-state index is 0.0144. The number of hydrogen-bond donors (Lipinski definition) is 2. The van der Waals surface area contributed by atoms with Crippen molar-refractivity contribution < 1.29 is 9.90 Å². The predicted octanol–water partition coefficient (Wildman–Crippen LogP) is 4.59. The fraction of sp³-hybridized carbons (Fsp3) is 0.458. The standard InChI is InChI=1S/C24H30N2O2/c27-22-12-10-20(11-13-22)19-6-8-21(9-7-19)23(28)25-18-24(14-2-3-15-24)26-16-4-1-5-17-26/h6-13,27H,1-5,14-18H2,(H,25,28). The molecule has 1 saturated carbocycles. The van der Waals surface area contributed by atoms with Crippen molar-refractivity contribution in [1.82, 2.24) is 10.2 Å². The number of likely N-dealkylation sites (tertiary alicyclic amines) is 1. The molecule has 0 atom stereocenters. The number of rotatable bonds is 5. The van der Waals surface area contributed by atoms with Crippen LogP contribution >= 0.6 is 0 Å². The van der Waals surface area contributed by atoms with E-state index in [0.717, 1.165) is 17.7 Å². The predicted molar refractivity (Wildman–Crippen MR) is 112 cm³/mol. The number of benzene rings is 2. The minimum absolute atomic E-state index is 0.0144. The second-order valence-corrected chi connectivity index (χ2v) is 8.29. The van der Waals surface area contributed by atoms with E-state index in [2.05, 4.69) is 10.2 Å². The normalized spacial score (nSPS) is 19.4. The van der Waals surface area contributed by atoms with Crippen LogP contribution in [0.4, 0.5) is 0 Å². The summed E-state index contributed by atoms with van der Waals surface area (Å²) in [5, 5.41) is 12.7. The number of phenolic OH excluding ortho intramolecular Hbond substituents is 1. The molecule has 2 N–H and O–H groups in total. The van der Waals surface area contributed by atoms with Gasteiger partial charge in [-0.2, -0.15) is 0 Å². The van der Waals surface area contributed by atoms with Crippen LogP contribution in [0.1, 0.15) is 55.3 Å². The number of nitrogens with one attached hydrogen (secondary N) is 1. The van der Waals surface area contributed by atoms with Gasteiger partial charge in [0.1, 0.15) is 5.75 Å². The number of amides is 1. The number of nitrogens with zero attached hydrogens (tertiary/aromatic N) is 1. The summed E-state index contributed by atoms with van der Waals surface area (Å²) >= 11 is 0. The monoisotopic (exact) mass is 378 g/mol. The first-order chi connectivity index (χ1) is 13.7. The molecule has 4 heteroatoms. The summed E-state index contributed by atoms with van der Waals surface area (Å²) in [6, 6.07) is 14.8. The average molecular weight is 379 g/mol. The first-order valence-corrected chi connectivity index (χ1v) is 10.6. The van der Waals surface area contributed by atoms with Crippen LogP contribution in [0.3, 0.4) is 0 Å². The Morgan fingerprint density at radius 2 is 1.43 bits per heavy atom. The van der Waals surface area contributed by atoms with Gasteiger partial charge in [-0.3, -0.25) is 9.69 Å². The Hall–Kier alpha value is -2.33. The molecule has 2 aliphatic rings. The van der Waals surface area contributed by atoms with Gasteiger partial charge in [0.2, 0.25) is 0 Å². The van der Waals surface area contributed by atoms with E-state index in [4.69, 9.17) is 0 Å². The topological polar surface area (TPSA) is 52.6 Å². The molecule has 148 valence electrons. The summed E-state index contributed by atoms with van der Waals surface area (Å²) in [6.45, 7) is 3.11. The molecular weight excluding hydrogens is 348 g/mol. The number of hydrogen-bond acceptors (Lipinski definition) is 3. The number of aromatic hydroxyl groups is 1. The number of carbonyl (C=O) groups is 1. The molecule has 0 bridgehead atoms. The van der Waals surface area contributed by atoms with Crippen LogP contribution in [-0.2, 0) is 0 Å². The molecule has 0 aromatic heterocycles. The third-order valence-electron chi connectivity index (χ3n) is 6.49. The summed E-state index contributed by atoms with van der Waals surface area (Å²) in [5.41, 5.74) is 2.94. The van der Waals surface area contributed by atoms with Crippen LogP contribution < -0.4 is 5.32 Å². The quantitative estimate of drug-likeness (QED) is 0.800. The second kappa shape index (κ2) is 8.36. The molecule has 1 saturated heterocycles. The van der Waals surface area contributed by atoms with E-state index in [9.17, 15) is 9.90 Å². The van der Waals surface area contributed by atoms with Crippen molar-refractivity contribution >= 4 is 5.91 Å². The van der Waals surface area contributed by atoms with Gasteiger partial charge in [-0.05, 0) is 74.2 Å². The van der Waals surface area contributed by atoms with Crippen molar-refractivity contribution in [3.8, 4) is 16.9 Å². The molecule has 28 heavy (non-hydrogen) atoms. The first kappa shape index (κ1) is 19.0. The van der Waals surface area contributed by atoms with Crippen LogP contribution in [0.2, 0.25) is 0 Å². The highest BCUT2D eigenvalue weighted by molar-refractivity contribution is 5.94. The molecule has 0 unspecified atom stereocenters. The zero-order valence-corrected chi connectivity index (χ0v) is 16.5. The maximum Gasteiger partial charge on any atom is 0.251 e.